The number of fused-ring (bicyclic) bond motifs is 3. The Morgan fingerprint density at radius 2 is 1.83 bits per heavy atom. The Labute approximate surface area is 371 Å². The number of aryl methyl sites for hydroxylation is 1. The predicted octanol–water partition coefficient (Wildman–Crippen LogP) is 5.73. The first-order valence-electron chi connectivity index (χ1n) is 21.9. The molecule has 1 saturated heterocycles. The first-order chi connectivity index (χ1) is 30.1. The lowest BCUT2D eigenvalue weighted by molar-refractivity contribution is -0.141. The number of thiazole rings is 1. The number of sulfonamides is 1. The molecule has 3 N–H and O–H groups in total. The third-order valence-corrected chi connectivity index (χ3v) is 15.2. The number of hydrogen-bond acceptors (Lipinski definition) is 12. The van der Waals surface area contributed by atoms with Crippen molar-refractivity contribution in [3.8, 4) is 22.2 Å². The van der Waals surface area contributed by atoms with Crippen molar-refractivity contribution >= 4 is 55.9 Å². The summed E-state index contributed by atoms with van der Waals surface area (Å²) < 4.78 is 42.4. The number of ether oxygens (including phenoxy) is 2. The number of nitrogens with zero attached hydrogens (tertiary/aromatic N) is 5. The molecule has 3 aromatic heterocycles. The monoisotopic (exact) mass is 900 g/mol. The SMILES string of the molecule is COc1ccc2c(O[C@@H]3C[C@H]4C(=O)N[C@]5(C(=O)NS(=O)(=O)C6CC6)C[C@H]5/C=C\CCCCC[C@H](NC(=O)c5ccn(C(C)C)n5)C(=O)N4C3)cc(-c3nc(C(C)C)cs3)nc2c1C. The van der Waals surface area contributed by atoms with Gasteiger partial charge in [-0.1, -0.05) is 38.8 Å². The summed E-state index contributed by atoms with van der Waals surface area (Å²) in [4.78, 5) is 68.6. The summed E-state index contributed by atoms with van der Waals surface area (Å²) >= 11 is 1.48. The number of hydrogen-bond donors (Lipinski definition) is 3. The maximum Gasteiger partial charge on any atom is 0.272 e. The number of benzene rings is 1. The molecule has 4 aliphatic rings. The number of allylic oxidation sites excluding steroid dienone is 1. The van der Waals surface area contributed by atoms with Crippen molar-refractivity contribution in [1.29, 1.82) is 0 Å². The molecule has 0 radical (unpaired) electrons. The Morgan fingerprint density at radius 3 is 2.52 bits per heavy atom. The number of pyridine rings is 1. The largest absolute Gasteiger partial charge is 0.496 e. The van der Waals surface area contributed by atoms with Gasteiger partial charge in [0, 0.05) is 47.0 Å². The molecule has 63 heavy (non-hydrogen) atoms. The minimum absolute atomic E-state index is 0.0188. The lowest BCUT2D eigenvalue weighted by Gasteiger charge is -2.29. The van der Waals surface area contributed by atoms with Crippen LogP contribution in [0, 0.1) is 12.8 Å². The van der Waals surface area contributed by atoms with Crippen molar-refractivity contribution in [2.45, 2.75) is 133 Å². The first kappa shape index (κ1) is 44.3. The van der Waals surface area contributed by atoms with Gasteiger partial charge in [0.05, 0.1) is 30.1 Å². The van der Waals surface area contributed by atoms with Crippen LogP contribution in [-0.2, 0) is 24.4 Å². The highest BCUT2D eigenvalue weighted by Gasteiger charge is 2.62. The van der Waals surface area contributed by atoms with E-state index >= 15 is 0 Å². The molecule has 18 heteroatoms. The van der Waals surface area contributed by atoms with E-state index in [0.717, 1.165) is 24.1 Å². The topological polar surface area (TPSA) is 204 Å². The van der Waals surface area contributed by atoms with E-state index in [9.17, 15) is 27.6 Å². The molecule has 16 nitrogen and oxygen atoms in total. The first-order valence-corrected chi connectivity index (χ1v) is 24.3. The van der Waals surface area contributed by atoms with E-state index in [4.69, 9.17) is 19.4 Å². The van der Waals surface area contributed by atoms with Gasteiger partial charge >= 0.3 is 0 Å². The van der Waals surface area contributed by atoms with Crippen LogP contribution in [0.4, 0.5) is 0 Å². The van der Waals surface area contributed by atoms with Crippen LogP contribution in [0.3, 0.4) is 0 Å². The highest BCUT2D eigenvalue weighted by molar-refractivity contribution is 7.91. The van der Waals surface area contributed by atoms with E-state index in [2.05, 4.69) is 34.3 Å². The van der Waals surface area contributed by atoms with Crippen LogP contribution in [-0.4, -0.2) is 99.3 Å². The number of nitrogens with one attached hydrogen (secondary N) is 3. The predicted molar refractivity (Wildman–Crippen MR) is 238 cm³/mol. The lowest BCUT2D eigenvalue weighted by atomic mass is 10.0. The molecule has 0 unspecified atom stereocenters. The Balaban J connectivity index is 1.15. The molecule has 4 aromatic rings. The van der Waals surface area contributed by atoms with Gasteiger partial charge in [-0.05, 0) is 83.4 Å². The minimum atomic E-state index is -3.92. The molecule has 0 spiro atoms. The second kappa shape index (κ2) is 17.7. The maximum atomic E-state index is 14.9. The van der Waals surface area contributed by atoms with E-state index in [1.807, 2.05) is 56.5 Å². The third kappa shape index (κ3) is 9.19. The normalized spacial score (nSPS) is 24.9. The van der Waals surface area contributed by atoms with Crippen LogP contribution < -0.4 is 24.8 Å². The van der Waals surface area contributed by atoms with Crippen molar-refractivity contribution < 1.29 is 37.1 Å². The molecule has 336 valence electrons. The summed E-state index contributed by atoms with van der Waals surface area (Å²) in [6, 6.07) is 5.02. The highest BCUT2D eigenvalue weighted by Crippen LogP contribution is 2.46. The maximum absolute atomic E-state index is 14.9. The van der Waals surface area contributed by atoms with Gasteiger partial charge in [0.15, 0.2) is 0 Å². The average Bonchev–Trinajstić information content (AvgIpc) is 4.00. The van der Waals surface area contributed by atoms with E-state index in [-0.39, 0.29) is 37.0 Å². The molecule has 2 aliphatic heterocycles. The Kier molecular flexibility index (Phi) is 12.4. The molecular formula is C45H56N8O8S2. The number of rotatable bonds is 11. The van der Waals surface area contributed by atoms with Gasteiger partial charge in [-0.25, -0.2) is 18.4 Å². The molecule has 4 amide bonds. The van der Waals surface area contributed by atoms with Crippen molar-refractivity contribution in [3.63, 3.8) is 0 Å². The third-order valence-electron chi connectivity index (χ3n) is 12.5. The van der Waals surface area contributed by atoms with Crippen LogP contribution in [0.5, 0.6) is 11.5 Å². The molecule has 3 fully saturated rings. The molecule has 5 atom stereocenters. The Bertz CT molecular complexity index is 2570. The van der Waals surface area contributed by atoms with Crippen molar-refractivity contribution in [2.24, 2.45) is 5.92 Å². The average molecular weight is 901 g/mol. The quantitative estimate of drug-likeness (QED) is 0.155. The van der Waals surface area contributed by atoms with Gasteiger partial charge in [0.25, 0.3) is 11.8 Å². The van der Waals surface area contributed by atoms with Gasteiger partial charge in [0.1, 0.15) is 51.6 Å². The van der Waals surface area contributed by atoms with E-state index < -0.39 is 68.5 Å². The van der Waals surface area contributed by atoms with Crippen molar-refractivity contribution in [1.82, 2.24) is 40.0 Å². The van der Waals surface area contributed by atoms with E-state index in [0.29, 0.717) is 65.2 Å². The molecular weight excluding hydrogens is 845 g/mol. The highest BCUT2D eigenvalue weighted by atomic mass is 32.2. The Hall–Kier alpha value is -5.36. The zero-order valence-electron chi connectivity index (χ0n) is 36.5. The second-order valence-electron chi connectivity index (χ2n) is 17.8. The number of carbonyl (C=O) groups is 4. The molecule has 5 heterocycles. The van der Waals surface area contributed by atoms with E-state index in [1.165, 1.54) is 16.2 Å². The van der Waals surface area contributed by atoms with Gasteiger partial charge in [-0.2, -0.15) is 5.10 Å². The number of carbonyl (C=O) groups excluding carboxylic acids is 4. The molecule has 2 saturated carbocycles. The standard InChI is InChI=1S/C45H56N8O8S2/c1-25(2)35-24-62-42(48-35)34-21-38(31-16-17-37(60-6)27(5)39(31)46-34)61-29-20-36-41(55)49-45(44(57)51-63(58,59)30-14-15-30)22-28(45)12-10-8-7-9-11-13-33(43(56)52(36)23-29)47-40(54)32-18-19-53(50-32)26(3)4/h10,12,16-19,21,24-26,28-30,33,36H,7-9,11,13-15,20,22-23H2,1-6H3,(H,47,54)(H,49,55)(H,51,57)/b12-10-/t28-,29-,33+,36+,45-/m1/s1. The summed E-state index contributed by atoms with van der Waals surface area (Å²) in [6.07, 6.45) is 9.17. The zero-order valence-corrected chi connectivity index (χ0v) is 38.2. The molecule has 8 rings (SSSR count). The number of methoxy groups -OCH3 is 1. The molecule has 1 aromatic carbocycles. The smallest absolute Gasteiger partial charge is 0.272 e. The van der Waals surface area contributed by atoms with Gasteiger partial charge in [-0.3, -0.25) is 28.6 Å². The zero-order chi connectivity index (χ0) is 44.8. The van der Waals surface area contributed by atoms with Crippen molar-refractivity contribution in [2.75, 3.05) is 13.7 Å². The number of amides is 4. The van der Waals surface area contributed by atoms with Crippen LogP contribution in [0.1, 0.15) is 119 Å². The summed E-state index contributed by atoms with van der Waals surface area (Å²) in [5.74, 6) is -1.51. The van der Waals surface area contributed by atoms with Crippen LogP contribution >= 0.6 is 11.3 Å². The van der Waals surface area contributed by atoms with Crippen LogP contribution in [0.25, 0.3) is 21.6 Å². The van der Waals surface area contributed by atoms with Gasteiger partial charge < -0.3 is 25.0 Å². The van der Waals surface area contributed by atoms with Crippen LogP contribution in [0.15, 0.2) is 48.0 Å². The fourth-order valence-electron chi connectivity index (χ4n) is 8.48. The fraction of sp³-hybridized carbons (Fsp3) is 0.533. The second-order valence-corrected chi connectivity index (χ2v) is 20.6. The Morgan fingerprint density at radius 1 is 1.03 bits per heavy atom. The van der Waals surface area contributed by atoms with Gasteiger partial charge in [-0.15, -0.1) is 11.3 Å². The molecule has 2 aliphatic carbocycles. The molecule has 0 bridgehead atoms. The number of aromatic nitrogens is 4. The lowest BCUT2D eigenvalue weighted by Crippen LogP contribution is -2.58. The summed E-state index contributed by atoms with van der Waals surface area (Å²) in [5.41, 5.74) is 1.61. The summed E-state index contributed by atoms with van der Waals surface area (Å²) in [5, 5.41) is 13.1. The van der Waals surface area contributed by atoms with Crippen molar-refractivity contribution in [3.05, 3.63) is 64.9 Å². The van der Waals surface area contributed by atoms with E-state index in [1.54, 1.807) is 24.1 Å². The van der Waals surface area contributed by atoms with Gasteiger partial charge in [0.2, 0.25) is 21.8 Å². The summed E-state index contributed by atoms with van der Waals surface area (Å²) in [7, 11) is -2.32. The summed E-state index contributed by atoms with van der Waals surface area (Å²) in [6.45, 7) is 9.94. The minimum Gasteiger partial charge on any atom is -0.496 e. The fourth-order valence-corrected chi connectivity index (χ4v) is 10.8. The van der Waals surface area contributed by atoms with Crippen LogP contribution in [0.2, 0.25) is 0 Å².